The highest BCUT2D eigenvalue weighted by Crippen LogP contribution is 2.63. The molecule has 0 fully saturated rings. The summed E-state index contributed by atoms with van der Waals surface area (Å²) in [6, 6.07) is 57.6. The van der Waals surface area contributed by atoms with Gasteiger partial charge in [0.2, 0.25) is 0 Å². The SMILES string of the molecule is COCCOCCOCCOc1ccc([C@@]2(c3ccccc3)c3cc(Br)ccc3-c3cc4c(cc32)-c2ccc(Br)cc2[C@@]4(c2ccccc2)c2ccc(OCCOCCOCCOC)cc2)cc1. The molecule has 0 aromatic heterocycles. The van der Waals surface area contributed by atoms with E-state index in [1.165, 1.54) is 55.6 Å². The van der Waals surface area contributed by atoms with E-state index in [2.05, 4.69) is 190 Å². The molecule has 2 aliphatic carbocycles. The van der Waals surface area contributed by atoms with Gasteiger partial charge in [-0.25, -0.2) is 0 Å². The van der Waals surface area contributed by atoms with E-state index >= 15 is 0 Å². The molecule has 0 amide bonds. The van der Waals surface area contributed by atoms with Crippen LogP contribution in [0, 0.1) is 0 Å². The van der Waals surface area contributed by atoms with Gasteiger partial charge in [0, 0.05) is 23.2 Å². The Morgan fingerprint density at radius 1 is 0.324 bits per heavy atom. The zero-order valence-electron chi connectivity index (χ0n) is 38.5. The minimum atomic E-state index is -0.650. The normalized spacial score (nSPS) is 16.5. The third kappa shape index (κ3) is 9.58. The molecular formula is C58H56Br2O8. The van der Waals surface area contributed by atoms with E-state index in [9.17, 15) is 0 Å². The lowest BCUT2D eigenvalue weighted by Crippen LogP contribution is -2.30. The van der Waals surface area contributed by atoms with Crippen LogP contribution in [0.1, 0.15) is 44.5 Å². The topological polar surface area (TPSA) is 73.8 Å². The molecule has 0 heterocycles. The third-order valence-electron chi connectivity index (χ3n) is 12.9. The van der Waals surface area contributed by atoms with Crippen molar-refractivity contribution in [3.8, 4) is 33.8 Å². The lowest BCUT2D eigenvalue weighted by Gasteiger charge is -2.35. The van der Waals surface area contributed by atoms with Crippen molar-refractivity contribution < 1.29 is 37.9 Å². The summed E-state index contributed by atoms with van der Waals surface area (Å²) in [7, 11) is 3.33. The zero-order valence-corrected chi connectivity index (χ0v) is 41.7. The van der Waals surface area contributed by atoms with Crippen molar-refractivity contribution in [3.05, 3.63) is 211 Å². The van der Waals surface area contributed by atoms with E-state index < -0.39 is 10.8 Å². The Bertz CT molecular complexity index is 2560. The Hall–Kier alpha value is -5.14. The zero-order chi connectivity index (χ0) is 46.8. The van der Waals surface area contributed by atoms with Crippen molar-refractivity contribution in [2.24, 2.45) is 0 Å². The number of rotatable bonds is 24. The van der Waals surface area contributed by atoms with Gasteiger partial charge in [0.15, 0.2) is 0 Å². The molecule has 350 valence electrons. The van der Waals surface area contributed by atoms with Gasteiger partial charge in [-0.05, 0) is 127 Å². The van der Waals surface area contributed by atoms with Crippen LogP contribution in [0.15, 0.2) is 167 Å². The molecule has 10 heteroatoms. The summed E-state index contributed by atoms with van der Waals surface area (Å²) in [5.74, 6) is 1.57. The van der Waals surface area contributed by atoms with Gasteiger partial charge in [-0.2, -0.15) is 0 Å². The highest BCUT2D eigenvalue weighted by atomic mass is 79.9. The number of benzene rings is 7. The Labute approximate surface area is 416 Å². The first-order valence-electron chi connectivity index (χ1n) is 23.2. The van der Waals surface area contributed by atoms with E-state index in [1.807, 2.05) is 0 Å². The average Bonchev–Trinajstić information content (AvgIpc) is 3.81. The number of hydrogen-bond donors (Lipinski definition) is 0. The Kier molecular flexibility index (Phi) is 15.9. The number of halogens is 2. The molecule has 0 radical (unpaired) electrons. The number of hydrogen-bond acceptors (Lipinski definition) is 8. The number of fused-ring (bicyclic) bond motifs is 6. The lowest BCUT2D eigenvalue weighted by molar-refractivity contribution is 0.0180. The van der Waals surface area contributed by atoms with Gasteiger partial charge in [-0.15, -0.1) is 0 Å². The largest absolute Gasteiger partial charge is 0.491 e. The van der Waals surface area contributed by atoms with E-state index in [0.29, 0.717) is 79.3 Å². The van der Waals surface area contributed by atoms with Crippen LogP contribution in [0.25, 0.3) is 22.3 Å². The third-order valence-corrected chi connectivity index (χ3v) is 13.9. The molecule has 0 saturated carbocycles. The van der Waals surface area contributed by atoms with Crippen LogP contribution < -0.4 is 9.47 Å². The fourth-order valence-electron chi connectivity index (χ4n) is 10.0. The van der Waals surface area contributed by atoms with E-state index in [-0.39, 0.29) is 0 Å². The maximum absolute atomic E-state index is 6.22. The molecule has 7 aromatic carbocycles. The van der Waals surface area contributed by atoms with Crippen molar-refractivity contribution in [2.45, 2.75) is 10.8 Å². The Balaban J connectivity index is 1.11. The quantitative estimate of drug-likeness (QED) is 0.0554. The first kappa shape index (κ1) is 47.9. The van der Waals surface area contributed by atoms with Crippen LogP contribution in [0.4, 0.5) is 0 Å². The predicted molar refractivity (Wildman–Crippen MR) is 274 cm³/mol. The van der Waals surface area contributed by atoms with Gasteiger partial charge in [0.05, 0.1) is 76.9 Å². The molecular weight excluding hydrogens is 984 g/mol. The molecule has 68 heavy (non-hydrogen) atoms. The molecule has 0 spiro atoms. The standard InChI is InChI=1S/C58H56Br2O8/c1-61-25-27-63-29-31-65-33-35-67-47-19-13-43(14-20-47)57(41-9-5-3-6-10-41)53-37-45(59)17-23-49(53)51-40-56-52(39-55(51)57)50-24-18-46(60)38-54(50)58(56,42-11-7-4-8-12-42)44-15-21-48(22-16-44)68-36-34-66-32-30-64-28-26-62-2/h3-24,37-40H,25-36H2,1-2H3/t57-,58+. The molecule has 9 rings (SSSR count). The second-order valence-electron chi connectivity index (χ2n) is 16.7. The van der Waals surface area contributed by atoms with Crippen LogP contribution >= 0.6 is 31.9 Å². The maximum Gasteiger partial charge on any atom is 0.119 e. The molecule has 8 nitrogen and oxygen atoms in total. The Morgan fingerprint density at radius 3 is 1.01 bits per heavy atom. The van der Waals surface area contributed by atoms with Crippen LogP contribution in [-0.2, 0) is 39.3 Å². The van der Waals surface area contributed by atoms with Gasteiger partial charge in [-0.1, -0.05) is 129 Å². The van der Waals surface area contributed by atoms with Crippen molar-refractivity contribution in [2.75, 3.05) is 93.5 Å². The molecule has 0 unspecified atom stereocenters. The smallest absolute Gasteiger partial charge is 0.119 e. The highest BCUT2D eigenvalue weighted by molar-refractivity contribution is 9.10. The number of methoxy groups -OCH3 is 2. The van der Waals surface area contributed by atoms with Crippen LogP contribution in [0.3, 0.4) is 0 Å². The summed E-state index contributed by atoms with van der Waals surface area (Å²) in [6.45, 7) is 6.09. The fourth-order valence-corrected chi connectivity index (χ4v) is 10.7. The van der Waals surface area contributed by atoms with E-state index in [4.69, 9.17) is 37.9 Å². The molecule has 0 N–H and O–H groups in total. The van der Waals surface area contributed by atoms with Crippen molar-refractivity contribution in [1.29, 1.82) is 0 Å². The molecule has 0 bridgehead atoms. The summed E-state index contributed by atoms with van der Waals surface area (Å²) in [6.07, 6.45) is 0. The van der Waals surface area contributed by atoms with E-state index in [0.717, 1.165) is 31.6 Å². The number of ether oxygens (including phenoxy) is 8. The highest BCUT2D eigenvalue weighted by Gasteiger charge is 2.51. The van der Waals surface area contributed by atoms with Crippen molar-refractivity contribution >= 4 is 31.9 Å². The predicted octanol–water partition coefficient (Wildman–Crippen LogP) is 12.1. The van der Waals surface area contributed by atoms with Gasteiger partial charge in [-0.3, -0.25) is 0 Å². The molecule has 0 saturated heterocycles. The minimum Gasteiger partial charge on any atom is -0.491 e. The second-order valence-corrected chi connectivity index (χ2v) is 18.6. The minimum absolute atomic E-state index is 0.432. The molecule has 0 aliphatic heterocycles. The Morgan fingerprint density at radius 2 is 0.647 bits per heavy atom. The molecule has 2 aliphatic rings. The monoisotopic (exact) mass is 1040 g/mol. The summed E-state index contributed by atoms with van der Waals surface area (Å²) in [5, 5.41) is 0. The molecule has 7 aromatic rings. The van der Waals surface area contributed by atoms with Gasteiger partial charge in [0.25, 0.3) is 0 Å². The summed E-state index contributed by atoms with van der Waals surface area (Å²) < 4.78 is 47.2. The van der Waals surface area contributed by atoms with E-state index in [1.54, 1.807) is 14.2 Å². The summed E-state index contributed by atoms with van der Waals surface area (Å²) >= 11 is 7.82. The van der Waals surface area contributed by atoms with Gasteiger partial charge >= 0.3 is 0 Å². The summed E-state index contributed by atoms with van der Waals surface area (Å²) in [4.78, 5) is 0. The first-order chi connectivity index (χ1) is 33.5. The van der Waals surface area contributed by atoms with Crippen molar-refractivity contribution in [3.63, 3.8) is 0 Å². The lowest BCUT2D eigenvalue weighted by atomic mass is 9.66. The average molecular weight is 1040 g/mol. The molecule has 2 atom stereocenters. The first-order valence-corrected chi connectivity index (χ1v) is 24.7. The van der Waals surface area contributed by atoms with Gasteiger partial charge < -0.3 is 37.9 Å². The van der Waals surface area contributed by atoms with Crippen LogP contribution in [0.5, 0.6) is 11.5 Å². The van der Waals surface area contributed by atoms with Gasteiger partial charge in [0.1, 0.15) is 24.7 Å². The van der Waals surface area contributed by atoms with Crippen LogP contribution in [0.2, 0.25) is 0 Å². The van der Waals surface area contributed by atoms with Crippen LogP contribution in [-0.4, -0.2) is 93.5 Å². The summed E-state index contributed by atoms with van der Waals surface area (Å²) in [5.41, 5.74) is 13.1. The van der Waals surface area contributed by atoms with Crippen molar-refractivity contribution in [1.82, 2.24) is 0 Å². The fraction of sp³-hybridized carbons (Fsp3) is 0.276. The maximum atomic E-state index is 6.22. The second kappa shape index (κ2) is 22.5.